The van der Waals surface area contributed by atoms with Crippen LogP contribution in [0.2, 0.25) is 0 Å². The van der Waals surface area contributed by atoms with Gasteiger partial charge < -0.3 is 10.5 Å². The fourth-order valence-electron chi connectivity index (χ4n) is 1.41. The van der Waals surface area contributed by atoms with Gasteiger partial charge in [0.1, 0.15) is 12.1 Å². The summed E-state index contributed by atoms with van der Waals surface area (Å²) >= 11 is 0. The summed E-state index contributed by atoms with van der Waals surface area (Å²) in [7, 11) is 0. The highest BCUT2D eigenvalue weighted by Gasteiger charge is 2.07. The Labute approximate surface area is 94.1 Å². The number of aromatic nitrogens is 2. The number of rotatable bonds is 3. The molecule has 82 valence electrons. The molecule has 1 unspecified atom stereocenters. The molecule has 1 aromatic carbocycles. The monoisotopic (exact) mass is 215 g/mol. The van der Waals surface area contributed by atoms with Crippen LogP contribution in [0.3, 0.4) is 0 Å². The van der Waals surface area contributed by atoms with Crippen LogP contribution in [0, 0.1) is 0 Å². The zero-order valence-electron chi connectivity index (χ0n) is 9.00. The number of ether oxygens (including phenoxy) is 1. The Kier molecular flexibility index (Phi) is 3.12. The number of nitrogens with zero attached hydrogens (tertiary/aromatic N) is 2. The molecule has 0 bridgehead atoms. The van der Waals surface area contributed by atoms with Crippen molar-refractivity contribution in [2.75, 3.05) is 0 Å². The number of nitrogens with two attached hydrogens (primary N) is 1. The summed E-state index contributed by atoms with van der Waals surface area (Å²) in [5.41, 5.74) is 6.82. The van der Waals surface area contributed by atoms with E-state index in [1.807, 2.05) is 31.2 Å². The molecule has 2 aromatic rings. The van der Waals surface area contributed by atoms with Gasteiger partial charge in [-0.05, 0) is 13.0 Å². The van der Waals surface area contributed by atoms with Gasteiger partial charge >= 0.3 is 0 Å². The lowest BCUT2D eigenvalue weighted by Crippen LogP contribution is -2.06. The molecule has 4 heteroatoms. The molecule has 0 radical (unpaired) electrons. The van der Waals surface area contributed by atoms with E-state index in [9.17, 15) is 0 Å². The highest BCUT2D eigenvalue weighted by molar-refractivity contribution is 5.38. The largest absolute Gasteiger partial charge is 0.454 e. The van der Waals surface area contributed by atoms with Gasteiger partial charge in [0.05, 0.1) is 12.4 Å². The summed E-state index contributed by atoms with van der Waals surface area (Å²) in [6.45, 7) is 1.92. The van der Waals surface area contributed by atoms with Crippen molar-refractivity contribution in [1.82, 2.24) is 9.97 Å². The van der Waals surface area contributed by atoms with E-state index in [0.29, 0.717) is 5.75 Å². The van der Waals surface area contributed by atoms with Crippen molar-refractivity contribution in [2.45, 2.75) is 13.0 Å². The van der Waals surface area contributed by atoms with Crippen molar-refractivity contribution in [3.05, 3.63) is 48.5 Å². The molecule has 0 amide bonds. The number of para-hydroxylation sites is 1. The summed E-state index contributed by atoms with van der Waals surface area (Å²) in [5, 5.41) is 0. The molecule has 0 saturated carbocycles. The zero-order chi connectivity index (χ0) is 11.4. The van der Waals surface area contributed by atoms with Gasteiger partial charge in [-0.3, -0.25) is 0 Å². The quantitative estimate of drug-likeness (QED) is 0.853. The van der Waals surface area contributed by atoms with E-state index in [-0.39, 0.29) is 6.04 Å². The van der Waals surface area contributed by atoms with Crippen molar-refractivity contribution in [2.24, 2.45) is 5.73 Å². The van der Waals surface area contributed by atoms with E-state index in [0.717, 1.165) is 11.3 Å². The van der Waals surface area contributed by atoms with Crippen LogP contribution in [0.15, 0.2) is 43.0 Å². The standard InChI is InChI=1S/C12H13N3O/c1-9(13)11-4-2-3-5-12(11)16-10-6-14-8-15-7-10/h2-9H,13H2,1H3. The molecule has 0 fully saturated rings. The van der Waals surface area contributed by atoms with Gasteiger partial charge in [-0.25, -0.2) is 9.97 Å². The fourth-order valence-corrected chi connectivity index (χ4v) is 1.41. The second kappa shape index (κ2) is 4.72. The lowest BCUT2D eigenvalue weighted by molar-refractivity contribution is 0.467. The van der Waals surface area contributed by atoms with E-state index in [1.54, 1.807) is 12.4 Å². The van der Waals surface area contributed by atoms with Crippen molar-refractivity contribution in [3.8, 4) is 11.5 Å². The summed E-state index contributed by atoms with van der Waals surface area (Å²) in [4.78, 5) is 7.78. The SMILES string of the molecule is CC(N)c1ccccc1Oc1cncnc1. The van der Waals surface area contributed by atoms with E-state index in [2.05, 4.69) is 9.97 Å². The minimum atomic E-state index is -0.0687. The van der Waals surface area contributed by atoms with Gasteiger partial charge in [0, 0.05) is 11.6 Å². The Morgan fingerprint density at radius 3 is 2.56 bits per heavy atom. The third-order valence-electron chi connectivity index (χ3n) is 2.17. The Balaban J connectivity index is 2.28. The minimum Gasteiger partial charge on any atom is -0.454 e. The van der Waals surface area contributed by atoms with Crippen molar-refractivity contribution in [3.63, 3.8) is 0 Å². The highest BCUT2D eigenvalue weighted by atomic mass is 16.5. The average molecular weight is 215 g/mol. The third-order valence-corrected chi connectivity index (χ3v) is 2.17. The van der Waals surface area contributed by atoms with Gasteiger partial charge in [0.2, 0.25) is 0 Å². The maximum atomic E-state index is 5.86. The lowest BCUT2D eigenvalue weighted by Gasteiger charge is -2.12. The van der Waals surface area contributed by atoms with E-state index in [4.69, 9.17) is 10.5 Å². The van der Waals surface area contributed by atoms with Gasteiger partial charge in [-0.15, -0.1) is 0 Å². The molecule has 1 atom stereocenters. The molecule has 0 aliphatic heterocycles. The summed E-state index contributed by atoms with van der Waals surface area (Å²) in [6.07, 6.45) is 4.69. The lowest BCUT2D eigenvalue weighted by atomic mass is 10.1. The van der Waals surface area contributed by atoms with Gasteiger partial charge in [0.25, 0.3) is 0 Å². The average Bonchev–Trinajstić information content (AvgIpc) is 2.31. The molecule has 0 aliphatic carbocycles. The number of hydrogen-bond donors (Lipinski definition) is 1. The molecule has 0 aliphatic rings. The minimum absolute atomic E-state index is 0.0687. The molecule has 0 spiro atoms. The van der Waals surface area contributed by atoms with Gasteiger partial charge in [0.15, 0.2) is 5.75 Å². The normalized spacial score (nSPS) is 12.1. The van der Waals surface area contributed by atoms with Crippen molar-refractivity contribution in [1.29, 1.82) is 0 Å². The highest BCUT2D eigenvalue weighted by Crippen LogP contribution is 2.27. The molecular formula is C12H13N3O. The number of benzene rings is 1. The Morgan fingerprint density at radius 2 is 1.88 bits per heavy atom. The van der Waals surface area contributed by atoms with Crippen LogP contribution in [-0.2, 0) is 0 Å². The maximum Gasteiger partial charge on any atom is 0.164 e. The van der Waals surface area contributed by atoms with E-state index >= 15 is 0 Å². The van der Waals surface area contributed by atoms with Crippen LogP contribution < -0.4 is 10.5 Å². The van der Waals surface area contributed by atoms with Crippen LogP contribution in [-0.4, -0.2) is 9.97 Å². The summed E-state index contributed by atoms with van der Waals surface area (Å²) in [5.74, 6) is 1.35. The van der Waals surface area contributed by atoms with E-state index in [1.165, 1.54) is 6.33 Å². The van der Waals surface area contributed by atoms with Crippen molar-refractivity contribution >= 4 is 0 Å². The van der Waals surface area contributed by atoms with Crippen LogP contribution in [0.1, 0.15) is 18.5 Å². The molecule has 2 N–H and O–H groups in total. The Hall–Kier alpha value is -1.94. The molecule has 2 rings (SSSR count). The second-order valence-corrected chi connectivity index (χ2v) is 3.50. The first kappa shape index (κ1) is 10.6. The van der Waals surface area contributed by atoms with Crippen LogP contribution in [0.4, 0.5) is 0 Å². The fraction of sp³-hybridized carbons (Fsp3) is 0.167. The Morgan fingerprint density at radius 1 is 1.19 bits per heavy atom. The Bertz CT molecular complexity index is 457. The smallest absolute Gasteiger partial charge is 0.164 e. The topological polar surface area (TPSA) is 61.0 Å². The summed E-state index contributed by atoms with van der Waals surface area (Å²) in [6, 6.07) is 7.61. The molecular weight excluding hydrogens is 202 g/mol. The second-order valence-electron chi connectivity index (χ2n) is 3.50. The molecule has 1 aromatic heterocycles. The number of hydrogen-bond acceptors (Lipinski definition) is 4. The third kappa shape index (κ3) is 2.35. The molecule has 4 nitrogen and oxygen atoms in total. The van der Waals surface area contributed by atoms with Crippen LogP contribution in [0.5, 0.6) is 11.5 Å². The first-order chi connectivity index (χ1) is 7.77. The van der Waals surface area contributed by atoms with Gasteiger partial charge in [-0.2, -0.15) is 0 Å². The predicted molar refractivity (Wildman–Crippen MR) is 61.2 cm³/mol. The van der Waals surface area contributed by atoms with Crippen LogP contribution >= 0.6 is 0 Å². The van der Waals surface area contributed by atoms with Crippen LogP contribution in [0.25, 0.3) is 0 Å². The van der Waals surface area contributed by atoms with Gasteiger partial charge in [-0.1, -0.05) is 18.2 Å². The predicted octanol–water partition coefficient (Wildman–Crippen LogP) is 2.29. The maximum absolute atomic E-state index is 5.86. The first-order valence-corrected chi connectivity index (χ1v) is 5.05. The molecule has 1 heterocycles. The molecule has 16 heavy (non-hydrogen) atoms. The van der Waals surface area contributed by atoms with Crippen molar-refractivity contribution < 1.29 is 4.74 Å². The first-order valence-electron chi connectivity index (χ1n) is 5.05. The summed E-state index contributed by atoms with van der Waals surface area (Å²) < 4.78 is 5.67. The van der Waals surface area contributed by atoms with E-state index < -0.39 is 0 Å². The zero-order valence-corrected chi connectivity index (χ0v) is 9.00. The molecule has 0 saturated heterocycles.